The van der Waals surface area contributed by atoms with Crippen LogP contribution in [-0.4, -0.2) is 35.8 Å². The predicted molar refractivity (Wildman–Crippen MR) is 85.7 cm³/mol. The van der Waals surface area contributed by atoms with Crippen LogP contribution in [0.3, 0.4) is 0 Å². The van der Waals surface area contributed by atoms with Gasteiger partial charge in [-0.1, -0.05) is 12.1 Å². The summed E-state index contributed by atoms with van der Waals surface area (Å²) >= 11 is 0. The lowest BCUT2D eigenvalue weighted by Crippen LogP contribution is -2.58. The van der Waals surface area contributed by atoms with E-state index in [-0.39, 0.29) is 30.6 Å². The third-order valence-corrected chi connectivity index (χ3v) is 4.15. The van der Waals surface area contributed by atoms with Gasteiger partial charge in [-0.2, -0.15) is 0 Å². The van der Waals surface area contributed by atoms with E-state index < -0.39 is 17.7 Å². The molecule has 0 saturated carbocycles. The Bertz CT molecular complexity index is 777. The molecular formula is C18H16F2N2O2. The topological polar surface area (TPSA) is 40.6 Å². The van der Waals surface area contributed by atoms with Gasteiger partial charge in [0.05, 0.1) is 5.69 Å². The van der Waals surface area contributed by atoms with E-state index in [4.69, 9.17) is 0 Å². The van der Waals surface area contributed by atoms with Crippen molar-refractivity contribution in [1.82, 2.24) is 4.90 Å². The highest BCUT2D eigenvalue weighted by molar-refractivity contribution is 6.03. The molecule has 124 valence electrons. The maximum absolute atomic E-state index is 13.9. The minimum atomic E-state index is -0.726. The van der Waals surface area contributed by atoms with Gasteiger partial charge in [-0.25, -0.2) is 8.78 Å². The summed E-state index contributed by atoms with van der Waals surface area (Å²) in [7, 11) is 0. The van der Waals surface area contributed by atoms with E-state index in [9.17, 15) is 18.4 Å². The Hall–Kier alpha value is -2.76. The molecule has 0 spiro atoms. The van der Waals surface area contributed by atoms with Gasteiger partial charge < -0.3 is 9.80 Å². The van der Waals surface area contributed by atoms with E-state index in [1.165, 1.54) is 46.2 Å². The molecule has 4 nitrogen and oxygen atoms in total. The molecule has 1 aliphatic heterocycles. The first-order valence-electron chi connectivity index (χ1n) is 7.61. The Morgan fingerprint density at radius 3 is 2.38 bits per heavy atom. The number of piperazine rings is 1. The molecule has 0 aromatic heterocycles. The van der Waals surface area contributed by atoms with Crippen LogP contribution in [-0.2, 0) is 4.79 Å². The zero-order valence-corrected chi connectivity index (χ0v) is 13.1. The monoisotopic (exact) mass is 330 g/mol. The number of hydrogen-bond acceptors (Lipinski definition) is 2. The highest BCUT2D eigenvalue weighted by Crippen LogP contribution is 2.24. The zero-order chi connectivity index (χ0) is 17.3. The number of amides is 2. The van der Waals surface area contributed by atoms with Gasteiger partial charge in [0.1, 0.15) is 17.7 Å². The van der Waals surface area contributed by atoms with E-state index in [2.05, 4.69) is 0 Å². The average molecular weight is 330 g/mol. The standard InChI is InChI=1S/C18H16F2N2O2/c1-12-17(23)22(16-5-3-2-4-15(16)20)11-10-21(12)18(24)13-6-8-14(19)9-7-13/h2-9,12H,10-11H2,1H3. The predicted octanol–water partition coefficient (Wildman–Crippen LogP) is 2.84. The fraction of sp³-hybridized carbons (Fsp3) is 0.222. The van der Waals surface area contributed by atoms with Crippen LogP contribution in [0.15, 0.2) is 48.5 Å². The van der Waals surface area contributed by atoms with Gasteiger partial charge in [-0.05, 0) is 43.3 Å². The van der Waals surface area contributed by atoms with Crippen molar-refractivity contribution in [3.05, 3.63) is 65.7 Å². The highest BCUT2D eigenvalue weighted by Gasteiger charge is 2.36. The Morgan fingerprint density at radius 1 is 1.04 bits per heavy atom. The summed E-state index contributed by atoms with van der Waals surface area (Å²) in [4.78, 5) is 27.9. The lowest BCUT2D eigenvalue weighted by molar-refractivity contribution is -0.124. The van der Waals surface area contributed by atoms with E-state index in [1.807, 2.05) is 0 Å². The van der Waals surface area contributed by atoms with Crippen molar-refractivity contribution in [2.75, 3.05) is 18.0 Å². The van der Waals surface area contributed by atoms with Gasteiger partial charge in [-0.15, -0.1) is 0 Å². The Labute approximate surface area is 138 Å². The maximum Gasteiger partial charge on any atom is 0.254 e. The smallest absolute Gasteiger partial charge is 0.254 e. The van der Waals surface area contributed by atoms with E-state index in [0.29, 0.717) is 5.56 Å². The zero-order valence-electron chi connectivity index (χ0n) is 13.1. The molecule has 1 fully saturated rings. The quantitative estimate of drug-likeness (QED) is 0.849. The van der Waals surface area contributed by atoms with Crippen molar-refractivity contribution in [2.45, 2.75) is 13.0 Å². The second-order valence-electron chi connectivity index (χ2n) is 5.62. The summed E-state index contributed by atoms with van der Waals surface area (Å²) < 4.78 is 26.9. The number of rotatable bonds is 2. The molecule has 1 unspecified atom stereocenters. The van der Waals surface area contributed by atoms with Crippen molar-refractivity contribution in [1.29, 1.82) is 0 Å². The number of halogens is 2. The number of anilines is 1. The summed E-state index contributed by atoms with van der Waals surface area (Å²) in [5.41, 5.74) is 0.527. The normalized spacial score (nSPS) is 18.0. The third kappa shape index (κ3) is 2.87. The van der Waals surface area contributed by atoms with Crippen LogP contribution in [0, 0.1) is 11.6 Å². The first kappa shape index (κ1) is 16.1. The van der Waals surface area contributed by atoms with E-state index in [1.54, 1.807) is 19.1 Å². The van der Waals surface area contributed by atoms with Gasteiger partial charge in [0.25, 0.3) is 5.91 Å². The van der Waals surface area contributed by atoms with Gasteiger partial charge in [-0.3, -0.25) is 9.59 Å². The molecule has 1 aliphatic rings. The number of hydrogen-bond donors (Lipinski definition) is 0. The summed E-state index contributed by atoms with van der Waals surface area (Å²) in [5, 5.41) is 0. The molecule has 0 aliphatic carbocycles. The van der Waals surface area contributed by atoms with Crippen molar-refractivity contribution in [3.63, 3.8) is 0 Å². The van der Waals surface area contributed by atoms with E-state index >= 15 is 0 Å². The fourth-order valence-corrected chi connectivity index (χ4v) is 2.82. The van der Waals surface area contributed by atoms with Crippen LogP contribution in [0.1, 0.15) is 17.3 Å². The summed E-state index contributed by atoms with van der Waals surface area (Å²) in [5.74, 6) is -1.60. The molecule has 3 rings (SSSR count). The number of nitrogens with zero attached hydrogens (tertiary/aromatic N) is 2. The van der Waals surface area contributed by atoms with Crippen molar-refractivity contribution in [2.24, 2.45) is 0 Å². The molecule has 1 saturated heterocycles. The van der Waals surface area contributed by atoms with Crippen LogP contribution in [0.4, 0.5) is 14.5 Å². The van der Waals surface area contributed by atoms with Crippen molar-refractivity contribution < 1.29 is 18.4 Å². The Morgan fingerprint density at radius 2 is 1.71 bits per heavy atom. The molecule has 0 bridgehead atoms. The molecule has 6 heteroatoms. The van der Waals surface area contributed by atoms with Gasteiger partial charge in [0.2, 0.25) is 5.91 Å². The first-order valence-corrected chi connectivity index (χ1v) is 7.61. The average Bonchev–Trinajstić information content (AvgIpc) is 2.58. The second kappa shape index (κ2) is 6.39. The van der Waals surface area contributed by atoms with Gasteiger partial charge >= 0.3 is 0 Å². The van der Waals surface area contributed by atoms with Crippen LogP contribution >= 0.6 is 0 Å². The Kier molecular flexibility index (Phi) is 4.29. The summed E-state index contributed by atoms with van der Waals surface area (Å²) in [6, 6.07) is 10.5. The fourth-order valence-electron chi connectivity index (χ4n) is 2.82. The lowest BCUT2D eigenvalue weighted by atomic mass is 10.1. The lowest BCUT2D eigenvalue weighted by Gasteiger charge is -2.39. The summed E-state index contributed by atoms with van der Waals surface area (Å²) in [6.45, 7) is 2.09. The number of carbonyl (C=O) groups is 2. The highest BCUT2D eigenvalue weighted by atomic mass is 19.1. The molecular weight excluding hydrogens is 314 g/mol. The SMILES string of the molecule is CC1C(=O)N(c2ccccc2F)CCN1C(=O)c1ccc(F)cc1. The van der Waals surface area contributed by atoms with Crippen LogP contribution in [0.25, 0.3) is 0 Å². The van der Waals surface area contributed by atoms with Crippen LogP contribution in [0.5, 0.6) is 0 Å². The largest absolute Gasteiger partial charge is 0.325 e. The second-order valence-corrected chi connectivity index (χ2v) is 5.62. The van der Waals surface area contributed by atoms with Crippen molar-refractivity contribution in [3.8, 4) is 0 Å². The molecule has 1 heterocycles. The Balaban J connectivity index is 1.81. The van der Waals surface area contributed by atoms with Gasteiger partial charge in [0.15, 0.2) is 0 Å². The molecule has 2 aromatic rings. The third-order valence-electron chi connectivity index (χ3n) is 4.15. The number of carbonyl (C=O) groups excluding carboxylic acids is 2. The van der Waals surface area contributed by atoms with Crippen molar-refractivity contribution >= 4 is 17.5 Å². The first-order chi connectivity index (χ1) is 11.5. The maximum atomic E-state index is 13.9. The van der Waals surface area contributed by atoms with Crippen LogP contribution < -0.4 is 4.90 Å². The molecule has 2 aromatic carbocycles. The molecule has 0 N–H and O–H groups in total. The minimum absolute atomic E-state index is 0.205. The molecule has 0 radical (unpaired) electrons. The molecule has 1 atom stereocenters. The number of para-hydroxylation sites is 1. The molecule has 2 amide bonds. The number of benzene rings is 2. The van der Waals surface area contributed by atoms with E-state index in [0.717, 1.165) is 0 Å². The van der Waals surface area contributed by atoms with Gasteiger partial charge in [0, 0.05) is 18.7 Å². The minimum Gasteiger partial charge on any atom is -0.325 e. The molecule has 24 heavy (non-hydrogen) atoms. The summed E-state index contributed by atoms with van der Waals surface area (Å²) in [6.07, 6.45) is 0. The van der Waals surface area contributed by atoms with Crippen LogP contribution in [0.2, 0.25) is 0 Å².